The summed E-state index contributed by atoms with van der Waals surface area (Å²) in [5.74, 6) is -0.907. The summed E-state index contributed by atoms with van der Waals surface area (Å²) in [5.41, 5.74) is 1.35. The van der Waals surface area contributed by atoms with Gasteiger partial charge < -0.3 is 14.9 Å². The van der Waals surface area contributed by atoms with Crippen LogP contribution in [0.15, 0.2) is 54.6 Å². The van der Waals surface area contributed by atoms with Crippen molar-refractivity contribution in [3.05, 3.63) is 71.3 Å². The standard InChI is InChI=1S/C23H28N2O4/c26-22(27)19-6-4-5-18(15-19)16-24-10-9-23(28,20-7-2-1-3-8-20)21(17-24)25-11-13-29-14-12-25/h1-8,15,21,28H,9-14,16-17H2,(H,26,27)/t21-,23+/m1/s1. The largest absolute Gasteiger partial charge is 0.478 e. The van der Waals surface area contributed by atoms with Gasteiger partial charge in [0.2, 0.25) is 0 Å². The predicted molar refractivity (Wildman–Crippen MR) is 110 cm³/mol. The highest BCUT2D eigenvalue weighted by Crippen LogP contribution is 2.36. The number of benzene rings is 2. The zero-order valence-corrected chi connectivity index (χ0v) is 16.5. The van der Waals surface area contributed by atoms with E-state index in [0.717, 1.165) is 37.3 Å². The normalized spacial score (nSPS) is 26.3. The van der Waals surface area contributed by atoms with Gasteiger partial charge in [0.15, 0.2) is 0 Å². The molecule has 2 aliphatic rings. The van der Waals surface area contributed by atoms with Crippen molar-refractivity contribution in [3.8, 4) is 0 Å². The SMILES string of the molecule is O=C(O)c1cccc(CN2CC[C@](O)(c3ccccc3)[C@H](N3CCOCC3)C2)c1. The summed E-state index contributed by atoms with van der Waals surface area (Å²) in [6, 6.07) is 17.0. The Morgan fingerprint density at radius 3 is 2.55 bits per heavy atom. The summed E-state index contributed by atoms with van der Waals surface area (Å²) in [7, 11) is 0. The van der Waals surface area contributed by atoms with Crippen molar-refractivity contribution in [2.75, 3.05) is 39.4 Å². The van der Waals surface area contributed by atoms with Gasteiger partial charge >= 0.3 is 5.97 Å². The molecule has 2 heterocycles. The first-order chi connectivity index (χ1) is 14.1. The fourth-order valence-corrected chi connectivity index (χ4v) is 4.56. The van der Waals surface area contributed by atoms with E-state index < -0.39 is 11.6 Å². The number of aromatic carboxylic acids is 1. The van der Waals surface area contributed by atoms with Crippen LogP contribution in [0, 0.1) is 0 Å². The first-order valence-corrected chi connectivity index (χ1v) is 10.2. The number of piperidine rings is 1. The second kappa shape index (κ2) is 8.63. The number of carboxylic acid groups (broad SMARTS) is 1. The van der Waals surface area contributed by atoms with E-state index in [1.165, 1.54) is 0 Å². The van der Waals surface area contributed by atoms with Crippen LogP contribution in [0.25, 0.3) is 0 Å². The Labute approximate surface area is 171 Å². The van der Waals surface area contributed by atoms with Crippen LogP contribution in [0.1, 0.15) is 27.9 Å². The first-order valence-electron chi connectivity index (χ1n) is 10.2. The molecular formula is C23H28N2O4. The maximum atomic E-state index is 11.8. The number of nitrogens with zero attached hydrogens (tertiary/aromatic N) is 2. The lowest BCUT2D eigenvalue weighted by molar-refractivity contribution is -0.119. The van der Waals surface area contributed by atoms with E-state index in [9.17, 15) is 15.0 Å². The summed E-state index contributed by atoms with van der Waals surface area (Å²) in [5, 5.41) is 21.0. The summed E-state index contributed by atoms with van der Waals surface area (Å²) >= 11 is 0. The second-order valence-corrected chi connectivity index (χ2v) is 7.95. The summed E-state index contributed by atoms with van der Waals surface area (Å²) in [6.45, 7) is 5.13. The number of likely N-dealkylation sites (tertiary alicyclic amines) is 1. The number of hydrogen-bond acceptors (Lipinski definition) is 5. The van der Waals surface area contributed by atoms with E-state index in [1.54, 1.807) is 18.2 Å². The molecule has 6 heteroatoms. The highest BCUT2D eigenvalue weighted by atomic mass is 16.5. The Hall–Kier alpha value is -2.25. The number of hydrogen-bond donors (Lipinski definition) is 2. The van der Waals surface area contributed by atoms with Crippen LogP contribution in [0.4, 0.5) is 0 Å². The van der Waals surface area contributed by atoms with E-state index in [-0.39, 0.29) is 6.04 Å². The van der Waals surface area contributed by atoms with Crippen LogP contribution in [0.5, 0.6) is 0 Å². The molecule has 2 aliphatic heterocycles. The van der Waals surface area contributed by atoms with Crippen LogP contribution in [-0.4, -0.2) is 71.4 Å². The molecule has 0 unspecified atom stereocenters. The lowest BCUT2D eigenvalue weighted by atomic mass is 9.79. The second-order valence-electron chi connectivity index (χ2n) is 7.95. The van der Waals surface area contributed by atoms with Crippen molar-refractivity contribution in [2.24, 2.45) is 0 Å². The molecule has 0 spiro atoms. The predicted octanol–water partition coefficient (Wildman–Crippen LogP) is 2.18. The molecule has 154 valence electrons. The van der Waals surface area contributed by atoms with Gasteiger partial charge in [-0.1, -0.05) is 42.5 Å². The van der Waals surface area contributed by atoms with Crippen LogP contribution in [-0.2, 0) is 16.9 Å². The highest BCUT2D eigenvalue weighted by Gasteiger charge is 2.45. The lowest BCUT2D eigenvalue weighted by Gasteiger charge is -2.50. The monoisotopic (exact) mass is 396 g/mol. The van der Waals surface area contributed by atoms with Gasteiger partial charge in [-0.2, -0.15) is 0 Å². The molecule has 0 aromatic heterocycles. The molecule has 2 aromatic carbocycles. The Kier molecular flexibility index (Phi) is 5.96. The molecule has 0 aliphatic carbocycles. The Morgan fingerprint density at radius 2 is 1.83 bits per heavy atom. The number of aliphatic hydroxyl groups is 1. The van der Waals surface area contributed by atoms with Crippen molar-refractivity contribution >= 4 is 5.97 Å². The van der Waals surface area contributed by atoms with Crippen molar-refractivity contribution in [1.82, 2.24) is 9.80 Å². The topological polar surface area (TPSA) is 73.2 Å². The third kappa shape index (κ3) is 4.36. The van der Waals surface area contributed by atoms with Gasteiger partial charge in [-0.25, -0.2) is 4.79 Å². The number of carboxylic acids is 1. The van der Waals surface area contributed by atoms with Crippen molar-refractivity contribution in [1.29, 1.82) is 0 Å². The average molecular weight is 396 g/mol. The van der Waals surface area contributed by atoms with Gasteiger partial charge in [-0.05, 0) is 29.7 Å². The summed E-state index contributed by atoms with van der Waals surface area (Å²) < 4.78 is 5.53. The molecule has 2 saturated heterocycles. The minimum atomic E-state index is -0.907. The average Bonchev–Trinajstić information content (AvgIpc) is 2.76. The van der Waals surface area contributed by atoms with Gasteiger partial charge in [-0.15, -0.1) is 0 Å². The van der Waals surface area contributed by atoms with Gasteiger partial charge in [0, 0.05) is 32.7 Å². The van der Waals surface area contributed by atoms with Gasteiger partial charge in [-0.3, -0.25) is 9.80 Å². The van der Waals surface area contributed by atoms with Crippen molar-refractivity contribution in [2.45, 2.75) is 24.6 Å². The van der Waals surface area contributed by atoms with Crippen molar-refractivity contribution in [3.63, 3.8) is 0 Å². The fourth-order valence-electron chi connectivity index (χ4n) is 4.56. The molecule has 2 fully saturated rings. The zero-order valence-electron chi connectivity index (χ0n) is 16.5. The lowest BCUT2D eigenvalue weighted by Crippen LogP contribution is -2.62. The van der Waals surface area contributed by atoms with E-state index >= 15 is 0 Å². The molecule has 0 saturated carbocycles. The third-order valence-corrected chi connectivity index (χ3v) is 6.13. The molecule has 0 amide bonds. The van der Waals surface area contributed by atoms with E-state index in [1.807, 2.05) is 36.4 Å². The van der Waals surface area contributed by atoms with Crippen molar-refractivity contribution < 1.29 is 19.7 Å². The molecule has 6 nitrogen and oxygen atoms in total. The molecule has 0 bridgehead atoms. The molecule has 29 heavy (non-hydrogen) atoms. The Bertz CT molecular complexity index is 838. The molecule has 2 aromatic rings. The van der Waals surface area contributed by atoms with Crippen LogP contribution in [0.2, 0.25) is 0 Å². The van der Waals surface area contributed by atoms with E-state index in [0.29, 0.717) is 31.7 Å². The first kappa shape index (κ1) is 20.0. The minimum Gasteiger partial charge on any atom is -0.478 e. The van der Waals surface area contributed by atoms with Gasteiger partial charge in [0.1, 0.15) is 5.60 Å². The number of carbonyl (C=O) groups is 1. The Morgan fingerprint density at radius 1 is 1.07 bits per heavy atom. The zero-order chi connectivity index (χ0) is 20.3. The number of ether oxygens (including phenoxy) is 1. The maximum absolute atomic E-state index is 11.8. The van der Waals surface area contributed by atoms with Gasteiger partial charge in [0.05, 0.1) is 24.8 Å². The molecular weight excluding hydrogens is 368 g/mol. The Balaban J connectivity index is 1.56. The molecule has 0 radical (unpaired) electrons. The maximum Gasteiger partial charge on any atom is 0.335 e. The summed E-state index contributed by atoms with van der Waals surface area (Å²) in [4.78, 5) is 15.9. The van der Waals surface area contributed by atoms with Crippen LogP contribution in [0.3, 0.4) is 0 Å². The van der Waals surface area contributed by atoms with Crippen LogP contribution < -0.4 is 0 Å². The minimum absolute atomic E-state index is 0.0368. The molecule has 2 atom stereocenters. The third-order valence-electron chi connectivity index (χ3n) is 6.13. The summed E-state index contributed by atoms with van der Waals surface area (Å²) in [6.07, 6.45) is 0.637. The van der Waals surface area contributed by atoms with E-state index in [2.05, 4.69) is 9.80 Å². The smallest absolute Gasteiger partial charge is 0.335 e. The van der Waals surface area contributed by atoms with E-state index in [4.69, 9.17) is 4.74 Å². The quantitative estimate of drug-likeness (QED) is 0.807. The fraction of sp³-hybridized carbons (Fsp3) is 0.435. The number of rotatable bonds is 5. The number of morpholine rings is 1. The highest BCUT2D eigenvalue weighted by molar-refractivity contribution is 5.87. The van der Waals surface area contributed by atoms with Gasteiger partial charge in [0.25, 0.3) is 0 Å². The molecule has 4 rings (SSSR count). The molecule has 2 N–H and O–H groups in total. The van der Waals surface area contributed by atoms with Crippen LogP contribution >= 0.6 is 0 Å².